The molecular weight excluding hydrogens is 215 g/mol. The molecule has 0 aliphatic rings. The number of aliphatic carboxylic acids is 1. The third-order valence-corrected chi connectivity index (χ3v) is 1.11. The first-order valence-electron chi connectivity index (χ1n) is 2.94. The van der Waals surface area contributed by atoms with Crippen LogP contribution in [-0.4, -0.2) is 23.2 Å². The van der Waals surface area contributed by atoms with Crippen LogP contribution in [0.2, 0.25) is 0 Å². The van der Waals surface area contributed by atoms with Gasteiger partial charge in [-0.1, -0.05) is 12.0 Å². The lowest BCUT2D eigenvalue weighted by molar-refractivity contribution is -0.139. The molecule has 1 unspecified atom stereocenters. The number of nitrogens with two attached hydrogens (primary N) is 2. The first-order valence-corrected chi connectivity index (χ1v) is 2.94. The van der Waals surface area contributed by atoms with Gasteiger partial charge in [0, 0.05) is 6.54 Å². The van der Waals surface area contributed by atoms with Crippen molar-refractivity contribution in [2.45, 2.75) is 5.54 Å². The van der Waals surface area contributed by atoms with E-state index in [-0.39, 0.29) is 31.4 Å². The van der Waals surface area contributed by atoms with Crippen LogP contribution in [0.5, 0.6) is 0 Å². The molecule has 0 heterocycles. The van der Waals surface area contributed by atoms with Crippen LogP contribution in [0.3, 0.4) is 0 Å². The van der Waals surface area contributed by atoms with Crippen LogP contribution in [0, 0.1) is 12.3 Å². The maximum absolute atomic E-state index is 10.4. The smallest absolute Gasteiger partial charge is 0.340 e. The van der Waals surface area contributed by atoms with Gasteiger partial charge in [-0.15, -0.1) is 31.2 Å². The van der Waals surface area contributed by atoms with E-state index in [0.29, 0.717) is 0 Å². The lowest BCUT2D eigenvalue weighted by atomic mass is 10.0. The topological polar surface area (TPSA) is 89.3 Å². The summed E-state index contributed by atoms with van der Waals surface area (Å²) < 4.78 is 0. The largest absolute Gasteiger partial charge is 0.479 e. The fraction of sp³-hybridized carbons (Fsp3) is 0.286. The molecule has 0 aliphatic heterocycles. The Hall–Kier alpha value is -0.730. The number of halogens is 2. The van der Waals surface area contributed by atoms with Gasteiger partial charge < -0.3 is 16.6 Å². The third-order valence-electron chi connectivity index (χ3n) is 1.11. The number of terminal acetylenes is 1. The summed E-state index contributed by atoms with van der Waals surface area (Å²) in [6.45, 7) is 0.216. The normalized spacial score (nSPS) is 13.3. The van der Waals surface area contributed by atoms with Crippen molar-refractivity contribution in [3.63, 3.8) is 0 Å². The summed E-state index contributed by atoms with van der Waals surface area (Å²) in [6, 6.07) is 0. The minimum Gasteiger partial charge on any atom is -0.479 e. The van der Waals surface area contributed by atoms with Gasteiger partial charge in [-0.2, -0.15) is 0 Å². The molecule has 76 valence electrons. The van der Waals surface area contributed by atoms with E-state index in [0.717, 1.165) is 0 Å². The van der Waals surface area contributed by atoms with Gasteiger partial charge in [0.05, 0.1) is 0 Å². The highest BCUT2D eigenvalue weighted by atomic mass is 35.5. The fourth-order valence-corrected chi connectivity index (χ4v) is 0.435. The van der Waals surface area contributed by atoms with Crippen molar-refractivity contribution in [2.75, 3.05) is 6.54 Å². The Bertz CT molecular complexity index is 225. The Kier molecular flexibility index (Phi) is 11.0. The molecule has 5 N–H and O–H groups in total. The number of hydrogen-bond acceptors (Lipinski definition) is 3. The fourth-order valence-electron chi connectivity index (χ4n) is 0.435. The molecule has 0 amide bonds. The van der Waals surface area contributed by atoms with E-state index in [4.69, 9.17) is 23.0 Å². The Morgan fingerprint density at radius 2 is 2.08 bits per heavy atom. The van der Waals surface area contributed by atoms with Crippen LogP contribution in [0.4, 0.5) is 0 Å². The Morgan fingerprint density at radius 1 is 1.62 bits per heavy atom. The highest BCUT2D eigenvalue weighted by Gasteiger charge is 2.27. The van der Waals surface area contributed by atoms with E-state index in [1.54, 1.807) is 0 Å². The van der Waals surface area contributed by atoms with E-state index in [9.17, 15) is 4.79 Å². The summed E-state index contributed by atoms with van der Waals surface area (Å²) in [7, 11) is 0. The van der Waals surface area contributed by atoms with E-state index >= 15 is 0 Å². The molecule has 0 saturated carbocycles. The molecule has 6 heteroatoms. The monoisotopic (exact) mass is 226 g/mol. The van der Waals surface area contributed by atoms with Crippen molar-refractivity contribution in [3.05, 3.63) is 12.2 Å². The van der Waals surface area contributed by atoms with Gasteiger partial charge in [0.25, 0.3) is 0 Å². The highest BCUT2D eigenvalue weighted by molar-refractivity contribution is 5.86. The predicted molar refractivity (Wildman–Crippen MR) is 56.1 cm³/mol. The van der Waals surface area contributed by atoms with Crippen molar-refractivity contribution >= 4 is 30.8 Å². The molecule has 13 heavy (non-hydrogen) atoms. The molecule has 4 nitrogen and oxygen atoms in total. The molecule has 0 aromatic heterocycles. The summed E-state index contributed by atoms with van der Waals surface area (Å²) in [5.74, 6) is 0.689. The van der Waals surface area contributed by atoms with Crippen molar-refractivity contribution in [2.24, 2.45) is 11.5 Å². The average molecular weight is 227 g/mol. The van der Waals surface area contributed by atoms with E-state index in [1.165, 1.54) is 12.2 Å². The standard InChI is InChI=1S/C7H10N2O2.2ClH/c1-2-7(9,6(10)11)4-3-5-8;;/h1,3-4H,5,8-9H2,(H,10,11);2*1H. The molecule has 0 rings (SSSR count). The zero-order valence-corrected chi connectivity index (χ0v) is 8.40. The van der Waals surface area contributed by atoms with Gasteiger partial charge in [0.2, 0.25) is 0 Å². The Morgan fingerprint density at radius 3 is 2.31 bits per heavy atom. The maximum Gasteiger partial charge on any atom is 0.340 e. The molecule has 0 aliphatic carbocycles. The van der Waals surface area contributed by atoms with Crippen molar-refractivity contribution < 1.29 is 9.90 Å². The highest BCUT2D eigenvalue weighted by Crippen LogP contribution is 2.00. The summed E-state index contributed by atoms with van der Waals surface area (Å²) in [5.41, 5.74) is 8.61. The molecule has 0 spiro atoms. The lowest BCUT2D eigenvalue weighted by Gasteiger charge is -2.11. The zero-order chi connectivity index (χ0) is 8.91. The van der Waals surface area contributed by atoms with Crippen LogP contribution in [0.15, 0.2) is 12.2 Å². The van der Waals surface area contributed by atoms with Crippen LogP contribution in [0.1, 0.15) is 0 Å². The van der Waals surface area contributed by atoms with E-state index in [1.807, 2.05) is 5.92 Å². The van der Waals surface area contributed by atoms with E-state index in [2.05, 4.69) is 0 Å². The molecule has 0 aromatic carbocycles. The summed E-state index contributed by atoms with van der Waals surface area (Å²) >= 11 is 0. The predicted octanol–water partition coefficient (Wildman–Crippen LogP) is -0.240. The number of carboxylic acids is 1. The molecule has 0 radical (unpaired) electrons. The lowest BCUT2D eigenvalue weighted by Crippen LogP contribution is -2.44. The van der Waals surface area contributed by atoms with E-state index < -0.39 is 11.5 Å². The van der Waals surface area contributed by atoms with Crippen LogP contribution in [-0.2, 0) is 4.79 Å². The maximum atomic E-state index is 10.4. The summed E-state index contributed by atoms with van der Waals surface area (Å²) in [4.78, 5) is 10.4. The molecule has 1 atom stereocenters. The van der Waals surface area contributed by atoms with Crippen molar-refractivity contribution in [3.8, 4) is 12.3 Å². The third kappa shape index (κ3) is 5.50. The SMILES string of the molecule is C#CC(N)(C=CCN)C(=O)O.Cl.Cl. The molecule has 0 fully saturated rings. The zero-order valence-electron chi connectivity index (χ0n) is 6.77. The second-order valence-corrected chi connectivity index (χ2v) is 1.96. The molecular formula is C7H12Cl2N2O2. The minimum absolute atomic E-state index is 0. The first kappa shape index (κ1) is 18.1. The van der Waals surface area contributed by atoms with Gasteiger partial charge in [-0.05, 0) is 6.08 Å². The number of rotatable bonds is 3. The van der Waals surface area contributed by atoms with Gasteiger partial charge >= 0.3 is 5.97 Å². The minimum atomic E-state index is -1.72. The number of carboxylic acid groups (broad SMARTS) is 1. The van der Waals surface area contributed by atoms with Crippen molar-refractivity contribution in [1.29, 1.82) is 0 Å². The number of hydrogen-bond donors (Lipinski definition) is 3. The van der Waals surface area contributed by atoms with Gasteiger partial charge in [0.15, 0.2) is 5.54 Å². The summed E-state index contributed by atoms with van der Waals surface area (Å²) in [5, 5.41) is 8.50. The molecule has 0 saturated heterocycles. The van der Waals surface area contributed by atoms with Crippen LogP contribution in [0.25, 0.3) is 0 Å². The Labute approximate surface area is 89.2 Å². The quantitative estimate of drug-likeness (QED) is 0.458. The van der Waals surface area contributed by atoms with Crippen LogP contribution < -0.4 is 11.5 Å². The first-order chi connectivity index (χ1) is 5.06. The molecule has 0 aromatic rings. The van der Waals surface area contributed by atoms with Crippen LogP contribution >= 0.6 is 24.8 Å². The van der Waals surface area contributed by atoms with Gasteiger partial charge in [-0.25, -0.2) is 4.79 Å². The molecule has 0 bridgehead atoms. The van der Waals surface area contributed by atoms with Gasteiger partial charge in [0.1, 0.15) is 0 Å². The second-order valence-electron chi connectivity index (χ2n) is 1.96. The Balaban J connectivity index is -0.000000500. The van der Waals surface area contributed by atoms with Gasteiger partial charge in [-0.3, -0.25) is 0 Å². The second kappa shape index (κ2) is 7.90. The number of carbonyl (C=O) groups is 1. The van der Waals surface area contributed by atoms with Crippen molar-refractivity contribution in [1.82, 2.24) is 0 Å². The summed E-state index contributed by atoms with van der Waals surface area (Å²) in [6.07, 6.45) is 7.50. The average Bonchev–Trinajstić information content (AvgIpc) is 2.00.